The highest BCUT2D eigenvalue weighted by atomic mass is 16.5. The molecule has 16 heavy (non-hydrogen) atoms. The minimum absolute atomic E-state index is 0.172. The Bertz CT molecular complexity index is 229. The van der Waals surface area contributed by atoms with Crippen LogP contribution in [0.25, 0.3) is 0 Å². The second-order valence-electron chi connectivity index (χ2n) is 3.66. The molecule has 0 amide bonds. The average molecular weight is 229 g/mol. The number of nitrogens with zero attached hydrogens (tertiary/aromatic N) is 1. The molecule has 5 heteroatoms. The van der Waals surface area contributed by atoms with Crippen LogP contribution < -0.4 is 10.6 Å². The number of carbonyl (C=O) groups is 1. The largest absolute Gasteiger partial charge is 0.469 e. The maximum absolute atomic E-state index is 11.2. The molecule has 5 nitrogen and oxygen atoms in total. The fourth-order valence-corrected chi connectivity index (χ4v) is 1.14. The molecule has 0 aliphatic carbocycles. The van der Waals surface area contributed by atoms with Crippen molar-refractivity contribution < 1.29 is 9.53 Å². The average Bonchev–Trinajstić information content (AvgIpc) is 2.32. The van der Waals surface area contributed by atoms with Gasteiger partial charge in [-0.3, -0.25) is 9.79 Å². The third-order valence-corrected chi connectivity index (χ3v) is 2.23. The van der Waals surface area contributed by atoms with Crippen LogP contribution in [-0.2, 0) is 9.53 Å². The Balaban J connectivity index is 3.83. The molecule has 0 aliphatic heterocycles. The summed E-state index contributed by atoms with van der Waals surface area (Å²) >= 11 is 0. The van der Waals surface area contributed by atoms with Crippen molar-refractivity contribution >= 4 is 11.9 Å². The van der Waals surface area contributed by atoms with Gasteiger partial charge in [0.1, 0.15) is 0 Å². The number of esters is 1. The summed E-state index contributed by atoms with van der Waals surface area (Å²) < 4.78 is 4.64. The number of rotatable bonds is 6. The maximum atomic E-state index is 11.2. The lowest BCUT2D eigenvalue weighted by atomic mass is 10.2. The van der Waals surface area contributed by atoms with Crippen molar-refractivity contribution in [3.63, 3.8) is 0 Å². The first-order chi connectivity index (χ1) is 7.65. The molecule has 0 aromatic carbocycles. The number of guanidine groups is 1. The second kappa shape index (κ2) is 9.00. The van der Waals surface area contributed by atoms with Crippen LogP contribution in [0.4, 0.5) is 0 Å². The predicted octanol–water partition coefficient (Wildman–Crippen LogP) is 0.761. The van der Waals surface area contributed by atoms with Crippen molar-refractivity contribution in [2.24, 2.45) is 10.9 Å². The molecule has 0 aromatic rings. The van der Waals surface area contributed by atoms with Crippen molar-refractivity contribution in [1.82, 2.24) is 10.6 Å². The summed E-state index contributed by atoms with van der Waals surface area (Å²) in [6, 6.07) is 0. The van der Waals surface area contributed by atoms with Gasteiger partial charge in [0.25, 0.3) is 0 Å². The number of hydrogen-bond acceptors (Lipinski definition) is 3. The molecular formula is C11H23N3O2. The molecule has 0 aromatic heterocycles. The third-order valence-electron chi connectivity index (χ3n) is 2.23. The van der Waals surface area contributed by atoms with Crippen LogP contribution in [0.3, 0.4) is 0 Å². The van der Waals surface area contributed by atoms with E-state index in [-0.39, 0.29) is 11.9 Å². The van der Waals surface area contributed by atoms with E-state index >= 15 is 0 Å². The monoisotopic (exact) mass is 229 g/mol. The van der Waals surface area contributed by atoms with Crippen LogP contribution in [0.5, 0.6) is 0 Å². The third kappa shape index (κ3) is 6.27. The fraction of sp³-hybridized carbons (Fsp3) is 0.818. The molecule has 0 aliphatic rings. The van der Waals surface area contributed by atoms with E-state index in [4.69, 9.17) is 0 Å². The number of nitrogens with one attached hydrogen (secondary N) is 2. The number of methoxy groups -OCH3 is 1. The first-order valence-corrected chi connectivity index (χ1v) is 5.68. The van der Waals surface area contributed by atoms with Gasteiger partial charge in [-0.2, -0.15) is 0 Å². The fourth-order valence-electron chi connectivity index (χ4n) is 1.14. The second-order valence-corrected chi connectivity index (χ2v) is 3.66. The Kier molecular flexibility index (Phi) is 8.29. The molecule has 94 valence electrons. The quantitative estimate of drug-likeness (QED) is 0.305. The zero-order valence-corrected chi connectivity index (χ0v) is 10.7. The highest BCUT2D eigenvalue weighted by Gasteiger charge is 2.12. The Hall–Kier alpha value is -1.26. The van der Waals surface area contributed by atoms with Gasteiger partial charge < -0.3 is 15.4 Å². The lowest BCUT2D eigenvalue weighted by Gasteiger charge is -2.14. The molecule has 0 spiro atoms. The van der Waals surface area contributed by atoms with Crippen LogP contribution >= 0.6 is 0 Å². The minimum atomic E-state index is -0.212. The Morgan fingerprint density at radius 3 is 2.62 bits per heavy atom. The van der Waals surface area contributed by atoms with Gasteiger partial charge in [-0.1, -0.05) is 20.3 Å². The van der Waals surface area contributed by atoms with E-state index < -0.39 is 0 Å². The standard InChI is InChI=1S/C11H23N3O2/c1-5-6-7-13-11(12-3)14-8-9(2)10(15)16-4/h9H,5-8H2,1-4H3,(H2,12,13,14). The van der Waals surface area contributed by atoms with Crippen molar-refractivity contribution in [3.8, 4) is 0 Å². The summed E-state index contributed by atoms with van der Waals surface area (Å²) in [6.45, 7) is 5.37. The van der Waals surface area contributed by atoms with Crippen molar-refractivity contribution in [2.75, 3.05) is 27.2 Å². The Morgan fingerprint density at radius 2 is 2.12 bits per heavy atom. The molecule has 0 saturated carbocycles. The van der Waals surface area contributed by atoms with Gasteiger partial charge in [0.2, 0.25) is 0 Å². The van der Waals surface area contributed by atoms with Crippen LogP contribution in [0.1, 0.15) is 26.7 Å². The van der Waals surface area contributed by atoms with E-state index in [2.05, 4.69) is 27.3 Å². The van der Waals surface area contributed by atoms with Crippen molar-refractivity contribution in [1.29, 1.82) is 0 Å². The number of carbonyl (C=O) groups excluding carboxylic acids is 1. The molecular weight excluding hydrogens is 206 g/mol. The van der Waals surface area contributed by atoms with E-state index in [1.165, 1.54) is 7.11 Å². The van der Waals surface area contributed by atoms with Crippen LogP contribution in [-0.4, -0.2) is 39.2 Å². The first kappa shape index (κ1) is 14.7. The van der Waals surface area contributed by atoms with E-state index in [9.17, 15) is 4.79 Å². The Morgan fingerprint density at radius 1 is 1.44 bits per heavy atom. The first-order valence-electron chi connectivity index (χ1n) is 5.68. The summed E-state index contributed by atoms with van der Waals surface area (Å²) in [4.78, 5) is 15.2. The van der Waals surface area contributed by atoms with Crippen molar-refractivity contribution in [2.45, 2.75) is 26.7 Å². The van der Waals surface area contributed by atoms with Crippen LogP contribution in [0, 0.1) is 5.92 Å². The lowest BCUT2D eigenvalue weighted by Crippen LogP contribution is -2.41. The number of hydrogen-bond donors (Lipinski definition) is 2. The molecule has 0 saturated heterocycles. The van der Waals surface area contributed by atoms with E-state index in [1.807, 2.05) is 6.92 Å². The zero-order chi connectivity index (χ0) is 12.4. The molecule has 0 rings (SSSR count). The van der Waals surface area contributed by atoms with Gasteiger partial charge in [0, 0.05) is 20.1 Å². The van der Waals surface area contributed by atoms with Gasteiger partial charge in [-0.25, -0.2) is 0 Å². The molecule has 1 atom stereocenters. The van der Waals surface area contributed by atoms with Gasteiger partial charge >= 0.3 is 5.97 Å². The van der Waals surface area contributed by atoms with Crippen LogP contribution in [0.2, 0.25) is 0 Å². The summed E-state index contributed by atoms with van der Waals surface area (Å²) in [5.74, 6) is 0.343. The van der Waals surface area contributed by atoms with E-state index in [0.717, 1.165) is 25.3 Å². The molecule has 1 unspecified atom stereocenters. The summed E-state index contributed by atoms with van der Waals surface area (Å²) in [5, 5.41) is 6.25. The number of unbranched alkanes of at least 4 members (excludes halogenated alkanes) is 1. The van der Waals surface area contributed by atoms with Gasteiger partial charge in [-0.05, 0) is 6.42 Å². The smallest absolute Gasteiger partial charge is 0.310 e. The van der Waals surface area contributed by atoms with Crippen molar-refractivity contribution in [3.05, 3.63) is 0 Å². The van der Waals surface area contributed by atoms with E-state index in [1.54, 1.807) is 7.05 Å². The SMILES string of the molecule is CCCCNC(=NC)NCC(C)C(=O)OC. The molecule has 0 bridgehead atoms. The normalized spacial score (nSPS) is 13.1. The Labute approximate surface area is 97.7 Å². The highest BCUT2D eigenvalue weighted by molar-refractivity contribution is 5.80. The molecule has 2 N–H and O–H groups in total. The lowest BCUT2D eigenvalue weighted by molar-refractivity contribution is -0.144. The zero-order valence-electron chi connectivity index (χ0n) is 10.7. The summed E-state index contributed by atoms with van der Waals surface area (Å²) in [6.07, 6.45) is 2.25. The number of ether oxygens (including phenoxy) is 1. The van der Waals surface area contributed by atoms with Crippen LogP contribution in [0.15, 0.2) is 4.99 Å². The topological polar surface area (TPSA) is 62.7 Å². The maximum Gasteiger partial charge on any atom is 0.310 e. The van der Waals surface area contributed by atoms with Gasteiger partial charge in [-0.15, -0.1) is 0 Å². The van der Waals surface area contributed by atoms with E-state index in [0.29, 0.717) is 6.54 Å². The summed E-state index contributed by atoms with van der Waals surface area (Å²) in [5.41, 5.74) is 0. The summed E-state index contributed by atoms with van der Waals surface area (Å²) in [7, 11) is 3.11. The minimum Gasteiger partial charge on any atom is -0.469 e. The highest BCUT2D eigenvalue weighted by Crippen LogP contribution is 1.94. The van der Waals surface area contributed by atoms with Gasteiger partial charge in [0.05, 0.1) is 13.0 Å². The molecule has 0 fully saturated rings. The predicted molar refractivity (Wildman–Crippen MR) is 65.5 cm³/mol. The molecule has 0 heterocycles. The number of aliphatic imine (C=N–C) groups is 1. The molecule has 0 radical (unpaired) electrons. The van der Waals surface area contributed by atoms with Gasteiger partial charge in [0.15, 0.2) is 5.96 Å².